The average molecular weight is 414 g/mol. The van der Waals surface area contributed by atoms with Crippen LogP contribution >= 0.6 is 0 Å². The maximum atomic E-state index is 11.5. The van der Waals surface area contributed by atoms with Crippen molar-refractivity contribution in [3.8, 4) is 11.5 Å². The molecule has 0 spiro atoms. The maximum absolute atomic E-state index is 11.5. The number of rotatable bonds is 4. The van der Waals surface area contributed by atoms with Gasteiger partial charge in [-0.05, 0) is 17.7 Å². The number of anilines is 3. The third-order valence-electron chi connectivity index (χ3n) is 4.56. The summed E-state index contributed by atoms with van der Waals surface area (Å²) >= 11 is 0. The topological polar surface area (TPSA) is 184 Å². The number of nitrogens with zero attached hydrogens (tertiary/aromatic N) is 7. The van der Waals surface area contributed by atoms with Gasteiger partial charge in [-0.1, -0.05) is 29.7 Å². The summed E-state index contributed by atoms with van der Waals surface area (Å²) in [7, 11) is 6.06. The smallest absolute Gasteiger partial charge is 0.382 e. The summed E-state index contributed by atoms with van der Waals surface area (Å²) in [6.45, 7) is 0.360. The van der Waals surface area contributed by atoms with E-state index in [1.165, 1.54) is 0 Å². The molecular formula is C18H15BN10O2. The number of carbonyl (C=O) groups excluding carboxylic acids is 1. The van der Waals surface area contributed by atoms with Crippen LogP contribution in [-0.2, 0) is 6.54 Å². The first kappa shape index (κ1) is 19.9. The number of urea groups is 1. The number of benzene rings is 1. The molecule has 0 saturated heterocycles. The van der Waals surface area contributed by atoms with Crippen molar-refractivity contribution in [2.45, 2.75) is 6.54 Å². The van der Waals surface area contributed by atoms with E-state index in [1.54, 1.807) is 29.1 Å². The Bertz CT molecular complexity index is 1300. The Hall–Kier alpha value is -4.39. The molecule has 0 aliphatic heterocycles. The highest BCUT2D eigenvalue weighted by molar-refractivity contribution is 6.33. The second-order valence-corrected chi connectivity index (χ2v) is 6.49. The van der Waals surface area contributed by atoms with Gasteiger partial charge in [0.05, 0.1) is 11.9 Å². The van der Waals surface area contributed by atoms with Crippen LogP contribution in [0.25, 0.3) is 22.6 Å². The van der Waals surface area contributed by atoms with Crippen molar-refractivity contribution in [2.75, 3.05) is 16.5 Å². The monoisotopic (exact) mass is 414 g/mol. The van der Waals surface area contributed by atoms with Gasteiger partial charge in [-0.25, -0.2) is 35.3 Å². The summed E-state index contributed by atoms with van der Waals surface area (Å²) in [6, 6.07) is 9.65. The van der Waals surface area contributed by atoms with Gasteiger partial charge in [0.25, 0.3) is 0 Å². The van der Waals surface area contributed by atoms with Gasteiger partial charge in [0.1, 0.15) is 19.2 Å². The van der Waals surface area contributed by atoms with Crippen LogP contribution in [0.15, 0.2) is 47.8 Å². The minimum absolute atomic E-state index is 0.0939. The molecule has 0 unspecified atom stereocenters. The lowest BCUT2D eigenvalue weighted by Crippen LogP contribution is -2.36. The van der Waals surface area contributed by atoms with Gasteiger partial charge in [-0.15, -0.1) is 4.91 Å². The van der Waals surface area contributed by atoms with E-state index in [0.29, 0.717) is 33.7 Å². The first-order chi connectivity index (χ1) is 14.9. The second kappa shape index (κ2) is 7.80. The Morgan fingerprint density at radius 1 is 1.13 bits per heavy atom. The van der Waals surface area contributed by atoms with Crippen LogP contribution < -0.4 is 27.8 Å². The molecule has 152 valence electrons. The molecule has 12 nitrogen and oxygen atoms in total. The number of nitrogen functional groups attached to an aromatic ring is 2. The van der Waals surface area contributed by atoms with Crippen molar-refractivity contribution < 1.29 is 4.79 Å². The van der Waals surface area contributed by atoms with Crippen molar-refractivity contribution in [3.63, 3.8) is 0 Å². The molecule has 31 heavy (non-hydrogen) atoms. The molecule has 0 bridgehead atoms. The fourth-order valence-electron chi connectivity index (χ4n) is 3.11. The number of nitrogens with two attached hydrogens (primary N) is 3. The zero-order valence-corrected chi connectivity index (χ0v) is 16.0. The van der Waals surface area contributed by atoms with Crippen LogP contribution in [0, 0.1) is 4.91 Å². The summed E-state index contributed by atoms with van der Waals surface area (Å²) in [6.07, 6.45) is 1.63. The molecule has 6 N–H and O–H groups in total. The summed E-state index contributed by atoms with van der Waals surface area (Å²) in [5.74, 6) is 5.19. The van der Waals surface area contributed by atoms with Crippen molar-refractivity contribution in [1.29, 1.82) is 0 Å². The predicted octanol–water partition coefficient (Wildman–Crippen LogP) is 0.461. The van der Waals surface area contributed by atoms with Crippen molar-refractivity contribution in [1.82, 2.24) is 24.7 Å². The van der Waals surface area contributed by atoms with E-state index in [1.807, 2.05) is 18.2 Å². The fraction of sp³-hybridized carbons (Fsp3) is 0.0556. The number of nitroso groups, excluding NO2 is 1. The standard InChI is InChI=1S/C18H15BN10O2/c19-11-6-2-1-4-9(11)8-28-17-10(5-3-7-23-17)12(26-28)16-24-14(20)13(15(21)25-16)29(22)18(30)27-31/h1-7H,8,22H2,(H4,20,21,24,25). The van der Waals surface area contributed by atoms with E-state index in [2.05, 4.69) is 25.2 Å². The molecule has 13 heteroatoms. The van der Waals surface area contributed by atoms with Crippen molar-refractivity contribution >= 4 is 47.7 Å². The first-order valence-corrected chi connectivity index (χ1v) is 8.91. The molecule has 0 atom stereocenters. The van der Waals surface area contributed by atoms with Crippen LogP contribution in [0.3, 0.4) is 0 Å². The number of hydrogen-bond acceptors (Lipinski definition) is 9. The Kier molecular flexibility index (Phi) is 5.01. The maximum Gasteiger partial charge on any atom is 0.400 e. The number of aromatic nitrogens is 5. The van der Waals surface area contributed by atoms with Crippen LogP contribution in [0.2, 0.25) is 0 Å². The SMILES string of the molecule is [B]c1ccccc1Cn1nc(-c2nc(N)c(N(N)C(=O)N=O)c(N)n2)c2cccnc21. The highest BCUT2D eigenvalue weighted by Crippen LogP contribution is 2.31. The number of carbonyl (C=O) groups is 1. The number of pyridine rings is 1. The summed E-state index contributed by atoms with van der Waals surface area (Å²) in [5, 5.41) is 7.85. The molecule has 1 aromatic carbocycles. The van der Waals surface area contributed by atoms with E-state index < -0.39 is 6.03 Å². The molecule has 2 radical (unpaired) electrons. The quantitative estimate of drug-likeness (QED) is 0.140. The number of amides is 2. The van der Waals surface area contributed by atoms with E-state index >= 15 is 0 Å². The van der Waals surface area contributed by atoms with Crippen molar-refractivity contribution in [2.24, 2.45) is 11.0 Å². The Balaban J connectivity index is 1.83. The Morgan fingerprint density at radius 2 is 1.84 bits per heavy atom. The average Bonchev–Trinajstić information content (AvgIpc) is 3.12. The summed E-state index contributed by atoms with van der Waals surface area (Å²) in [4.78, 5) is 34.7. The van der Waals surface area contributed by atoms with Gasteiger partial charge in [0, 0.05) is 11.4 Å². The molecular weight excluding hydrogens is 399 g/mol. The second-order valence-electron chi connectivity index (χ2n) is 6.49. The molecule has 0 fully saturated rings. The highest BCUT2D eigenvalue weighted by atomic mass is 16.3. The summed E-state index contributed by atoms with van der Waals surface area (Å²) < 4.78 is 1.66. The van der Waals surface area contributed by atoms with E-state index in [4.69, 9.17) is 25.2 Å². The van der Waals surface area contributed by atoms with Crippen LogP contribution in [0.5, 0.6) is 0 Å². The lowest BCUT2D eigenvalue weighted by molar-refractivity contribution is 0.254. The van der Waals surface area contributed by atoms with Crippen molar-refractivity contribution in [3.05, 3.63) is 53.1 Å². The van der Waals surface area contributed by atoms with Crippen LogP contribution in [-0.4, -0.2) is 38.6 Å². The third kappa shape index (κ3) is 3.53. The molecule has 4 rings (SSSR count). The highest BCUT2D eigenvalue weighted by Gasteiger charge is 2.23. The van der Waals surface area contributed by atoms with E-state index in [0.717, 1.165) is 5.56 Å². The normalized spacial score (nSPS) is 10.9. The fourth-order valence-corrected chi connectivity index (χ4v) is 3.11. The minimum Gasteiger partial charge on any atom is -0.382 e. The van der Waals surface area contributed by atoms with Gasteiger partial charge in [-0.3, -0.25) is 0 Å². The predicted molar refractivity (Wildman–Crippen MR) is 116 cm³/mol. The van der Waals surface area contributed by atoms with Gasteiger partial charge in [0.2, 0.25) is 0 Å². The first-order valence-electron chi connectivity index (χ1n) is 8.91. The molecule has 0 saturated carbocycles. The molecule has 0 aliphatic carbocycles. The van der Waals surface area contributed by atoms with E-state index in [9.17, 15) is 9.70 Å². The molecule has 2 amide bonds. The lowest BCUT2D eigenvalue weighted by Gasteiger charge is -2.16. The summed E-state index contributed by atoms with van der Waals surface area (Å²) in [5.41, 5.74) is 14.1. The Labute approximate surface area is 176 Å². The van der Waals surface area contributed by atoms with Crippen LogP contribution in [0.4, 0.5) is 22.1 Å². The largest absolute Gasteiger partial charge is 0.400 e. The third-order valence-corrected chi connectivity index (χ3v) is 4.56. The molecule has 0 aliphatic rings. The van der Waals surface area contributed by atoms with Gasteiger partial charge in [0.15, 0.2) is 23.1 Å². The Morgan fingerprint density at radius 3 is 2.52 bits per heavy atom. The van der Waals surface area contributed by atoms with Gasteiger partial charge < -0.3 is 11.5 Å². The van der Waals surface area contributed by atoms with Gasteiger partial charge >= 0.3 is 6.03 Å². The molecule has 4 aromatic rings. The molecule has 3 heterocycles. The van der Waals surface area contributed by atoms with Gasteiger partial charge in [-0.2, -0.15) is 5.10 Å². The zero-order chi connectivity index (χ0) is 22.1. The zero-order valence-electron chi connectivity index (χ0n) is 16.0. The number of hydrogen-bond donors (Lipinski definition) is 3. The molecule has 3 aromatic heterocycles. The van der Waals surface area contributed by atoms with E-state index in [-0.39, 0.29) is 23.1 Å². The number of fused-ring (bicyclic) bond motifs is 1. The lowest BCUT2D eigenvalue weighted by atomic mass is 9.91. The minimum atomic E-state index is -1.30. The number of hydrazine groups is 1. The van der Waals surface area contributed by atoms with Crippen LogP contribution in [0.1, 0.15) is 5.56 Å².